The molecule has 2 heterocycles. The molecule has 0 unspecified atom stereocenters. The fourth-order valence-electron chi connectivity index (χ4n) is 1.63. The second-order valence-electron chi connectivity index (χ2n) is 4.56. The van der Waals surface area contributed by atoms with Gasteiger partial charge in [0, 0.05) is 18.5 Å². The summed E-state index contributed by atoms with van der Waals surface area (Å²) in [7, 11) is 0. The second kappa shape index (κ2) is 3.78. The summed E-state index contributed by atoms with van der Waals surface area (Å²) < 4.78 is 1.92. The maximum absolute atomic E-state index is 4.55. The van der Waals surface area contributed by atoms with Crippen molar-refractivity contribution >= 4 is 16.3 Å². The maximum Gasteiger partial charge on any atom is 0.234 e. The Labute approximate surface area is 97.9 Å². The topological polar surface area (TPSA) is 55.1 Å². The molecule has 0 aromatic carbocycles. The van der Waals surface area contributed by atoms with Gasteiger partial charge in [0.25, 0.3) is 0 Å². The highest BCUT2D eigenvalue weighted by Crippen LogP contribution is 2.39. The Morgan fingerprint density at radius 1 is 1.44 bits per heavy atom. The molecule has 1 saturated carbocycles. The summed E-state index contributed by atoms with van der Waals surface area (Å²) in [6, 6.07) is 0.484. The standard InChI is InChI=1S/C10H15N5S/c1-6(2)11-5-8-14-15-9(7-3-4-7)12-13-10(15)16-8/h6-7,11H,3-5H2,1-2H3. The zero-order valence-corrected chi connectivity index (χ0v) is 10.3. The minimum Gasteiger partial charge on any atom is -0.308 e. The Kier molecular flexibility index (Phi) is 2.40. The molecule has 0 atom stereocenters. The fourth-order valence-corrected chi connectivity index (χ4v) is 2.42. The molecule has 1 N–H and O–H groups in total. The van der Waals surface area contributed by atoms with Crippen LogP contribution in [0.3, 0.4) is 0 Å². The Morgan fingerprint density at radius 2 is 2.25 bits per heavy atom. The van der Waals surface area contributed by atoms with Crippen molar-refractivity contribution in [1.82, 2.24) is 25.1 Å². The lowest BCUT2D eigenvalue weighted by atomic mass is 10.4. The van der Waals surface area contributed by atoms with E-state index in [0.29, 0.717) is 12.0 Å². The molecule has 0 saturated heterocycles. The smallest absolute Gasteiger partial charge is 0.234 e. The first kappa shape index (κ1) is 10.2. The van der Waals surface area contributed by atoms with Gasteiger partial charge in [0.1, 0.15) is 5.01 Å². The highest BCUT2D eigenvalue weighted by molar-refractivity contribution is 7.16. The molecule has 6 heteroatoms. The Morgan fingerprint density at radius 3 is 2.94 bits per heavy atom. The van der Waals surface area contributed by atoms with Crippen LogP contribution >= 0.6 is 11.3 Å². The van der Waals surface area contributed by atoms with Gasteiger partial charge in [-0.2, -0.15) is 9.61 Å². The Bertz CT molecular complexity index is 496. The molecule has 1 aliphatic rings. The molecule has 0 aliphatic heterocycles. The van der Waals surface area contributed by atoms with Crippen molar-refractivity contribution in [2.45, 2.75) is 45.2 Å². The van der Waals surface area contributed by atoms with E-state index in [9.17, 15) is 0 Å². The number of hydrogen-bond acceptors (Lipinski definition) is 5. The number of fused-ring (bicyclic) bond motifs is 1. The molecule has 0 amide bonds. The van der Waals surface area contributed by atoms with Gasteiger partial charge in [-0.25, -0.2) is 0 Å². The first-order chi connectivity index (χ1) is 7.74. The number of nitrogens with zero attached hydrogens (tertiary/aromatic N) is 4. The first-order valence-electron chi connectivity index (χ1n) is 5.68. The molecule has 0 spiro atoms. The van der Waals surface area contributed by atoms with Gasteiger partial charge in [0.15, 0.2) is 5.82 Å². The van der Waals surface area contributed by atoms with Crippen LogP contribution in [0.2, 0.25) is 0 Å². The monoisotopic (exact) mass is 237 g/mol. The van der Waals surface area contributed by atoms with E-state index < -0.39 is 0 Å². The predicted octanol–water partition coefficient (Wildman–Crippen LogP) is 1.56. The van der Waals surface area contributed by atoms with Crippen LogP contribution in [0.1, 0.15) is 43.4 Å². The van der Waals surface area contributed by atoms with Crippen molar-refractivity contribution in [1.29, 1.82) is 0 Å². The van der Waals surface area contributed by atoms with Crippen molar-refractivity contribution in [2.24, 2.45) is 0 Å². The van der Waals surface area contributed by atoms with Crippen LogP contribution in [0.25, 0.3) is 4.96 Å². The van der Waals surface area contributed by atoms with E-state index in [-0.39, 0.29) is 0 Å². The van der Waals surface area contributed by atoms with Gasteiger partial charge in [-0.1, -0.05) is 25.2 Å². The van der Waals surface area contributed by atoms with Crippen molar-refractivity contribution < 1.29 is 0 Å². The number of rotatable bonds is 4. The van der Waals surface area contributed by atoms with E-state index >= 15 is 0 Å². The molecule has 0 bridgehead atoms. The molecule has 1 fully saturated rings. The number of hydrogen-bond donors (Lipinski definition) is 1. The summed E-state index contributed by atoms with van der Waals surface area (Å²) in [6.07, 6.45) is 2.47. The van der Waals surface area contributed by atoms with Gasteiger partial charge in [0.05, 0.1) is 0 Å². The summed E-state index contributed by atoms with van der Waals surface area (Å²) in [4.78, 5) is 0.919. The largest absolute Gasteiger partial charge is 0.308 e. The zero-order chi connectivity index (χ0) is 11.1. The van der Waals surface area contributed by atoms with E-state index in [4.69, 9.17) is 0 Å². The summed E-state index contributed by atoms with van der Waals surface area (Å²) in [5, 5.41) is 17.4. The molecule has 5 nitrogen and oxygen atoms in total. The van der Waals surface area contributed by atoms with Gasteiger partial charge in [-0.05, 0) is 12.8 Å². The molecule has 1 aliphatic carbocycles. The zero-order valence-electron chi connectivity index (χ0n) is 9.47. The summed E-state index contributed by atoms with van der Waals surface area (Å²) in [6.45, 7) is 5.08. The highest BCUT2D eigenvalue weighted by Gasteiger charge is 2.29. The van der Waals surface area contributed by atoms with Gasteiger partial charge >= 0.3 is 0 Å². The highest BCUT2D eigenvalue weighted by atomic mass is 32.1. The van der Waals surface area contributed by atoms with Crippen LogP contribution in [0.5, 0.6) is 0 Å². The summed E-state index contributed by atoms with van der Waals surface area (Å²) in [5.74, 6) is 1.64. The SMILES string of the molecule is CC(C)NCc1nn2c(C3CC3)nnc2s1. The number of aromatic nitrogens is 4. The molecule has 0 radical (unpaired) electrons. The Balaban J connectivity index is 1.85. The normalized spacial score (nSPS) is 16.4. The molecule has 16 heavy (non-hydrogen) atoms. The summed E-state index contributed by atoms with van der Waals surface area (Å²) in [5.41, 5.74) is 0. The van der Waals surface area contributed by atoms with Gasteiger partial charge < -0.3 is 5.32 Å². The minimum absolute atomic E-state index is 0.484. The van der Waals surface area contributed by atoms with E-state index in [0.717, 1.165) is 22.3 Å². The van der Waals surface area contributed by atoms with Crippen LogP contribution in [-0.4, -0.2) is 25.9 Å². The van der Waals surface area contributed by atoms with E-state index in [2.05, 4.69) is 34.5 Å². The molecular weight excluding hydrogens is 222 g/mol. The third-order valence-corrected chi connectivity index (χ3v) is 3.56. The van der Waals surface area contributed by atoms with E-state index in [1.54, 1.807) is 11.3 Å². The van der Waals surface area contributed by atoms with Crippen LogP contribution in [0, 0.1) is 0 Å². The van der Waals surface area contributed by atoms with Gasteiger partial charge in [-0.3, -0.25) is 0 Å². The van der Waals surface area contributed by atoms with Crippen molar-refractivity contribution in [2.75, 3.05) is 0 Å². The lowest BCUT2D eigenvalue weighted by Crippen LogP contribution is -2.21. The van der Waals surface area contributed by atoms with Crippen LogP contribution in [-0.2, 0) is 6.54 Å². The second-order valence-corrected chi connectivity index (χ2v) is 5.60. The summed E-state index contributed by atoms with van der Waals surface area (Å²) >= 11 is 1.62. The average molecular weight is 237 g/mol. The first-order valence-corrected chi connectivity index (χ1v) is 6.50. The minimum atomic E-state index is 0.484. The lowest BCUT2D eigenvalue weighted by Gasteiger charge is -2.03. The maximum atomic E-state index is 4.55. The van der Waals surface area contributed by atoms with Crippen molar-refractivity contribution in [3.63, 3.8) is 0 Å². The van der Waals surface area contributed by atoms with Crippen molar-refractivity contribution in [3.8, 4) is 0 Å². The fraction of sp³-hybridized carbons (Fsp3) is 0.700. The quantitative estimate of drug-likeness (QED) is 0.876. The van der Waals surface area contributed by atoms with Crippen LogP contribution < -0.4 is 5.32 Å². The molecule has 2 aromatic heterocycles. The van der Waals surface area contributed by atoms with E-state index in [1.807, 2.05) is 4.52 Å². The van der Waals surface area contributed by atoms with Gasteiger partial charge in [0.2, 0.25) is 4.96 Å². The van der Waals surface area contributed by atoms with Gasteiger partial charge in [-0.15, -0.1) is 10.2 Å². The molecule has 86 valence electrons. The molecular formula is C10H15N5S. The third-order valence-electron chi connectivity index (χ3n) is 2.66. The third kappa shape index (κ3) is 1.82. The Hall–Kier alpha value is -1.01. The van der Waals surface area contributed by atoms with Crippen LogP contribution in [0.4, 0.5) is 0 Å². The van der Waals surface area contributed by atoms with Crippen molar-refractivity contribution in [3.05, 3.63) is 10.8 Å². The average Bonchev–Trinajstić information content (AvgIpc) is 2.88. The van der Waals surface area contributed by atoms with E-state index in [1.165, 1.54) is 12.8 Å². The molecule has 2 aromatic rings. The van der Waals surface area contributed by atoms with Crippen LogP contribution in [0.15, 0.2) is 0 Å². The lowest BCUT2D eigenvalue weighted by molar-refractivity contribution is 0.582. The predicted molar refractivity (Wildman–Crippen MR) is 62.6 cm³/mol. The molecule has 3 rings (SSSR count). The number of nitrogens with one attached hydrogen (secondary N) is 1.